The molecule has 0 aliphatic carbocycles. The van der Waals surface area contributed by atoms with Crippen molar-refractivity contribution in [3.05, 3.63) is 84.1 Å². The molecule has 4 heteroatoms. The van der Waals surface area contributed by atoms with Crippen LogP contribution < -0.4 is 0 Å². The third-order valence-corrected chi connectivity index (χ3v) is 4.76. The van der Waals surface area contributed by atoms with Gasteiger partial charge in [0.05, 0.1) is 10.8 Å². The zero-order chi connectivity index (χ0) is 18.9. The predicted octanol–water partition coefficient (Wildman–Crippen LogP) is 5.56. The maximum atomic E-state index is 4.43. The fraction of sp³-hybridized carbons (Fsp3) is 0.217. The summed E-state index contributed by atoms with van der Waals surface area (Å²) in [5.74, 6) is 0. The number of aromatic nitrogens is 1. The molecular formula is C23H23N4+. The Morgan fingerprint density at radius 1 is 0.852 bits per heavy atom. The Kier molecular flexibility index (Phi) is 4.40. The molecule has 1 aromatic heterocycles. The monoisotopic (exact) mass is 355 g/mol. The normalized spacial score (nSPS) is 14.0. The number of pyridine rings is 1. The van der Waals surface area contributed by atoms with Gasteiger partial charge >= 0.3 is 0 Å². The first-order chi connectivity index (χ1) is 13.0. The first kappa shape index (κ1) is 17.3. The van der Waals surface area contributed by atoms with Crippen LogP contribution in [0.1, 0.15) is 31.9 Å². The number of rotatable bonds is 3. The molecule has 0 atom stereocenters. The Balaban J connectivity index is 1.53. The summed E-state index contributed by atoms with van der Waals surface area (Å²) in [6.45, 7) is 7.34. The Hall–Kier alpha value is -3.14. The van der Waals surface area contributed by atoms with Gasteiger partial charge in [-0.25, -0.2) is 0 Å². The topological polar surface area (TPSA) is 40.6 Å². The smallest absolute Gasteiger partial charge is 0.231 e. The maximum Gasteiger partial charge on any atom is 0.231 e. The summed E-state index contributed by atoms with van der Waals surface area (Å²) in [5.41, 5.74) is 6.63. The van der Waals surface area contributed by atoms with Crippen molar-refractivity contribution in [3.8, 4) is 11.3 Å². The van der Waals surface area contributed by atoms with Crippen LogP contribution in [0.15, 0.2) is 83.3 Å². The molecule has 0 bridgehead atoms. The van der Waals surface area contributed by atoms with Crippen molar-refractivity contribution in [1.82, 2.24) is 4.98 Å². The highest BCUT2D eigenvalue weighted by atomic mass is 15.5. The third-order valence-electron chi connectivity index (χ3n) is 4.76. The van der Waals surface area contributed by atoms with Gasteiger partial charge in [0.2, 0.25) is 5.71 Å². The van der Waals surface area contributed by atoms with Crippen molar-refractivity contribution in [3.63, 3.8) is 0 Å². The summed E-state index contributed by atoms with van der Waals surface area (Å²) in [5, 5.41) is 8.78. The van der Waals surface area contributed by atoms with Gasteiger partial charge in [-0.1, -0.05) is 63.2 Å². The molecular weight excluding hydrogens is 332 g/mol. The molecule has 2 heterocycles. The van der Waals surface area contributed by atoms with Crippen molar-refractivity contribution in [2.45, 2.75) is 26.2 Å². The third kappa shape index (κ3) is 3.70. The van der Waals surface area contributed by atoms with E-state index >= 15 is 0 Å². The van der Waals surface area contributed by atoms with Crippen LogP contribution >= 0.6 is 0 Å². The van der Waals surface area contributed by atoms with Crippen molar-refractivity contribution in [2.75, 3.05) is 6.54 Å². The van der Waals surface area contributed by atoms with Crippen LogP contribution in [0.4, 0.5) is 5.69 Å². The SMILES string of the molecule is CC(C)(C)c1ccc(C2=NN=[N+](c3cccc(-c4ccccn4)c3)C2)cc1. The van der Waals surface area contributed by atoms with E-state index in [0.717, 1.165) is 28.2 Å². The van der Waals surface area contributed by atoms with Gasteiger partial charge in [0.25, 0.3) is 0 Å². The molecule has 4 nitrogen and oxygen atoms in total. The molecule has 4 rings (SSSR count). The van der Waals surface area contributed by atoms with Crippen LogP contribution in [0.3, 0.4) is 0 Å². The van der Waals surface area contributed by atoms with Gasteiger partial charge < -0.3 is 0 Å². The molecule has 3 aromatic rings. The van der Waals surface area contributed by atoms with Gasteiger partial charge in [-0.3, -0.25) is 4.98 Å². The Labute approximate surface area is 159 Å². The average Bonchev–Trinajstić information content (AvgIpc) is 3.19. The van der Waals surface area contributed by atoms with Crippen molar-refractivity contribution in [2.24, 2.45) is 10.3 Å². The molecule has 0 saturated carbocycles. The number of benzene rings is 2. The van der Waals surface area contributed by atoms with E-state index in [0.29, 0.717) is 6.54 Å². The number of nitrogens with zero attached hydrogens (tertiary/aromatic N) is 4. The van der Waals surface area contributed by atoms with E-state index in [9.17, 15) is 0 Å². The molecule has 0 fully saturated rings. The highest BCUT2D eigenvalue weighted by Gasteiger charge is 2.24. The van der Waals surface area contributed by atoms with Crippen molar-refractivity contribution >= 4 is 11.4 Å². The number of hydrogen-bond acceptors (Lipinski definition) is 3. The van der Waals surface area contributed by atoms with Crippen LogP contribution in [-0.2, 0) is 5.41 Å². The summed E-state index contributed by atoms with van der Waals surface area (Å²) in [7, 11) is 0. The lowest BCUT2D eigenvalue weighted by molar-refractivity contribution is -0.492. The second-order valence-corrected chi connectivity index (χ2v) is 7.79. The van der Waals surface area contributed by atoms with Crippen LogP contribution in [0.25, 0.3) is 11.3 Å². The van der Waals surface area contributed by atoms with Gasteiger partial charge in [-0.15, -0.1) is 4.70 Å². The molecule has 2 aromatic carbocycles. The van der Waals surface area contributed by atoms with E-state index in [1.807, 2.05) is 35.2 Å². The van der Waals surface area contributed by atoms with E-state index < -0.39 is 0 Å². The molecule has 0 saturated heterocycles. The van der Waals surface area contributed by atoms with Gasteiger partial charge in [-0.05, 0) is 35.2 Å². The Bertz CT molecular complexity index is 1010. The molecule has 1 aliphatic rings. The molecule has 0 unspecified atom stereocenters. The molecule has 0 radical (unpaired) electrons. The molecule has 134 valence electrons. The lowest BCUT2D eigenvalue weighted by atomic mass is 9.86. The first-order valence-corrected chi connectivity index (χ1v) is 9.18. The van der Waals surface area contributed by atoms with Crippen LogP contribution in [0, 0.1) is 0 Å². The summed E-state index contributed by atoms with van der Waals surface area (Å²) < 4.78 is 1.93. The summed E-state index contributed by atoms with van der Waals surface area (Å²) in [6, 6.07) is 22.8. The van der Waals surface area contributed by atoms with Crippen LogP contribution in [0.5, 0.6) is 0 Å². The highest BCUT2D eigenvalue weighted by molar-refractivity contribution is 6.01. The fourth-order valence-corrected chi connectivity index (χ4v) is 3.13. The van der Waals surface area contributed by atoms with Crippen LogP contribution in [-0.4, -0.2) is 21.9 Å². The first-order valence-electron chi connectivity index (χ1n) is 9.18. The highest BCUT2D eigenvalue weighted by Crippen LogP contribution is 2.26. The molecule has 0 spiro atoms. The summed E-state index contributed by atoms with van der Waals surface area (Å²) >= 11 is 0. The summed E-state index contributed by atoms with van der Waals surface area (Å²) in [6.07, 6.45) is 1.81. The minimum atomic E-state index is 0.151. The lowest BCUT2D eigenvalue weighted by Crippen LogP contribution is -2.13. The average molecular weight is 355 g/mol. The number of hydrogen-bond donors (Lipinski definition) is 0. The van der Waals surface area contributed by atoms with E-state index in [1.165, 1.54) is 5.56 Å². The second-order valence-electron chi connectivity index (χ2n) is 7.79. The minimum Gasteiger partial charge on any atom is -0.256 e. The van der Waals surface area contributed by atoms with E-state index in [4.69, 9.17) is 0 Å². The maximum absolute atomic E-state index is 4.43. The minimum absolute atomic E-state index is 0.151. The van der Waals surface area contributed by atoms with Gasteiger partial charge in [0, 0.05) is 17.3 Å². The van der Waals surface area contributed by atoms with Crippen molar-refractivity contribution < 1.29 is 4.70 Å². The van der Waals surface area contributed by atoms with E-state index in [2.05, 4.69) is 78.5 Å². The quantitative estimate of drug-likeness (QED) is 0.567. The lowest BCUT2D eigenvalue weighted by Gasteiger charge is -2.18. The summed E-state index contributed by atoms with van der Waals surface area (Å²) in [4.78, 5) is 4.43. The van der Waals surface area contributed by atoms with E-state index in [1.54, 1.807) is 0 Å². The Morgan fingerprint density at radius 3 is 2.37 bits per heavy atom. The zero-order valence-corrected chi connectivity index (χ0v) is 15.9. The Morgan fingerprint density at radius 2 is 1.67 bits per heavy atom. The molecule has 1 aliphatic heterocycles. The van der Waals surface area contributed by atoms with Crippen molar-refractivity contribution in [1.29, 1.82) is 0 Å². The van der Waals surface area contributed by atoms with Gasteiger partial charge in [0.1, 0.15) is 5.22 Å². The molecule has 0 N–H and O–H groups in total. The molecule has 27 heavy (non-hydrogen) atoms. The predicted molar refractivity (Wildman–Crippen MR) is 109 cm³/mol. The fourth-order valence-electron chi connectivity index (χ4n) is 3.13. The second kappa shape index (κ2) is 6.88. The molecule has 0 amide bonds. The van der Waals surface area contributed by atoms with Gasteiger partial charge in [0.15, 0.2) is 12.2 Å². The van der Waals surface area contributed by atoms with Crippen LogP contribution in [0.2, 0.25) is 0 Å². The largest absolute Gasteiger partial charge is 0.256 e. The van der Waals surface area contributed by atoms with E-state index in [-0.39, 0.29) is 5.41 Å². The zero-order valence-electron chi connectivity index (χ0n) is 15.9. The van der Waals surface area contributed by atoms with Gasteiger partial charge in [-0.2, -0.15) is 0 Å². The standard InChI is InChI=1S/C23H23N4/c1-23(2,3)19-12-10-17(11-13-19)22-16-27(26-25-22)20-8-6-7-18(15-20)21-9-4-5-14-24-21/h4-15H,16H2,1-3H3/q+1.